The zero-order valence-electron chi connectivity index (χ0n) is 21.7. The quantitative estimate of drug-likeness (QED) is 0.272. The number of nitrogens with zero attached hydrogens (tertiary/aromatic N) is 1. The van der Waals surface area contributed by atoms with E-state index in [0.29, 0.717) is 5.71 Å². The third-order valence-corrected chi connectivity index (χ3v) is 8.32. The molecule has 0 aliphatic heterocycles. The largest absolute Gasteiger partial charge is 0.358 e. The van der Waals surface area contributed by atoms with E-state index in [1.54, 1.807) is 12.1 Å². The Bertz CT molecular complexity index is 1330. The summed E-state index contributed by atoms with van der Waals surface area (Å²) in [6.07, 6.45) is 0.971. The lowest BCUT2D eigenvalue weighted by Gasteiger charge is -2.46. The van der Waals surface area contributed by atoms with E-state index in [0.717, 1.165) is 34.2 Å². The van der Waals surface area contributed by atoms with Crippen LogP contribution in [0.1, 0.15) is 71.6 Å². The zero-order valence-corrected chi connectivity index (χ0v) is 22.5. The highest BCUT2D eigenvalue weighted by molar-refractivity contribution is 7.86. The van der Waals surface area contributed by atoms with E-state index in [4.69, 9.17) is 4.28 Å². The third-order valence-electron chi connectivity index (χ3n) is 7.20. The Morgan fingerprint density at radius 2 is 1.14 bits per heavy atom. The van der Waals surface area contributed by atoms with Gasteiger partial charge in [-0.2, -0.15) is 8.42 Å². The molecule has 1 aliphatic carbocycles. The summed E-state index contributed by atoms with van der Waals surface area (Å²) in [6, 6.07) is 22.7. The van der Waals surface area contributed by atoms with Crippen molar-refractivity contribution in [3.8, 4) is 11.1 Å². The van der Waals surface area contributed by atoms with Crippen LogP contribution in [-0.4, -0.2) is 14.1 Å². The van der Waals surface area contributed by atoms with Crippen LogP contribution in [-0.2, 0) is 19.8 Å². The van der Waals surface area contributed by atoms with Crippen molar-refractivity contribution in [1.29, 1.82) is 0 Å². The van der Waals surface area contributed by atoms with Crippen molar-refractivity contribution < 1.29 is 12.7 Å². The second-order valence-electron chi connectivity index (χ2n) is 11.9. The molecule has 0 spiro atoms. The van der Waals surface area contributed by atoms with Crippen molar-refractivity contribution in [1.82, 2.24) is 0 Å². The molecule has 0 fully saturated rings. The molecule has 5 heteroatoms. The number of oxime groups is 1. The maximum Gasteiger partial charge on any atom is 0.358 e. The van der Waals surface area contributed by atoms with E-state index < -0.39 is 10.1 Å². The van der Waals surface area contributed by atoms with Crippen LogP contribution in [0, 0.1) is 10.8 Å². The van der Waals surface area contributed by atoms with Gasteiger partial charge in [-0.15, -0.1) is 0 Å². The van der Waals surface area contributed by atoms with E-state index in [2.05, 4.69) is 53.6 Å². The van der Waals surface area contributed by atoms with Crippen LogP contribution in [0.5, 0.6) is 0 Å². The summed E-state index contributed by atoms with van der Waals surface area (Å²) in [5.41, 5.74) is 5.40. The fourth-order valence-electron chi connectivity index (χ4n) is 5.07. The first-order valence-electron chi connectivity index (χ1n) is 12.0. The first kappa shape index (κ1) is 25.2. The minimum atomic E-state index is -4.07. The monoisotopic (exact) mass is 489 g/mol. The topological polar surface area (TPSA) is 55.7 Å². The molecular formula is C30H35NO3S. The van der Waals surface area contributed by atoms with Crippen LogP contribution >= 0.6 is 0 Å². The van der Waals surface area contributed by atoms with Gasteiger partial charge in [0.05, 0.1) is 0 Å². The minimum absolute atomic E-state index is 0.00754. The van der Waals surface area contributed by atoms with Crippen molar-refractivity contribution in [2.24, 2.45) is 16.0 Å². The summed E-state index contributed by atoms with van der Waals surface area (Å²) >= 11 is 0. The van der Waals surface area contributed by atoms with Gasteiger partial charge in [-0.3, -0.25) is 4.28 Å². The number of fused-ring (bicyclic) bond motifs is 3. The number of rotatable bonds is 5. The molecular weight excluding hydrogens is 454 g/mol. The standard InChI is InChI=1S/C30H35NO3S/c1-28(2,3)20-30(7,29(4,5)6)21-16-18-22(19-17-21)35(32,33)34-31-27-25-14-10-8-12-23(25)24-13-9-11-15-26(24)27/h8-19H,20H2,1-7H3. The summed E-state index contributed by atoms with van der Waals surface area (Å²) in [5, 5.41) is 4.14. The molecule has 0 bridgehead atoms. The first-order valence-corrected chi connectivity index (χ1v) is 13.5. The van der Waals surface area contributed by atoms with Gasteiger partial charge in [-0.25, -0.2) is 0 Å². The van der Waals surface area contributed by atoms with Gasteiger partial charge in [0.2, 0.25) is 0 Å². The Kier molecular flexibility index (Phi) is 6.21. The molecule has 1 unspecified atom stereocenters. The van der Waals surface area contributed by atoms with E-state index in [1.807, 2.05) is 60.7 Å². The first-order chi connectivity index (χ1) is 16.2. The Labute approximate surface area is 210 Å². The molecule has 35 heavy (non-hydrogen) atoms. The Balaban J connectivity index is 1.65. The Hall–Kier alpha value is -2.92. The average molecular weight is 490 g/mol. The summed E-state index contributed by atoms with van der Waals surface area (Å²) in [5.74, 6) is 0. The van der Waals surface area contributed by atoms with Crippen molar-refractivity contribution in [3.63, 3.8) is 0 Å². The van der Waals surface area contributed by atoms with E-state index in [-0.39, 0.29) is 21.1 Å². The van der Waals surface area contributed by atoms with E-state index in [9.17, 15) is 8.42 Å². The summed E-state index contributed by atoms with van der Waals surface area (Å²) in [4.78, 5) is 0.0946. The molecule has 0 radical (unpaired) electrons. The maximum absolute atomic E-state index is 13.1. The zero-order chi connectivity index (χ0) is 25.6. The Morgan fingerprint density at radius 3 is 1.57 bits per heavy atom. The average Bonchev–Trinajstić information content (AvgIpc) is 3.10. The van der Waals surface area contributed by atoms with Gasteiger partial charge in [-0.05, 0) is 51.5 Å². The number of benzene rings is 3. The van der Waals surface area contributed by atoms with Crippen LogP contribution in [0.2, 0.25) is 0 Å². The van der Waals surface area contributed by atoms with Gasteiger partial charge in [0.15, 0.2) is 0 Å². The summed E-state index contributed by atoms with van der Waals surface area (Å²) in [7, 11) is -4.07. The molecule has 3 aromatic carbocycles. The van der Waals surface area contributed by atoms with Crippen molar-refractivity contribution in [2.75, 3.05) is 0 Å². The van der Waals surface area contributed by atoms with Gasteiger partial charge in [0, 0.05) is 11.1 Å². The van der Waals surface area contributed by atoms with Gasteiger partial charge < -0.3 is 0 Å². The lowest BCUT2D eigenvalue weighted by atomic mass is 9.58. The highest BCUT2D eigenvalue weighted by Gasteiger charge is 2.41. The lowest BCUT2D eigenvalue weighted by Crippen LogP contribution is -2.40. The minimum Gasteiger partial charge on any atom is -0.264 e. The molecule has 0 aromatic heterocycles. The fourth-order valence-corrected chi connectivity index (χ4v) is 5.80. The molecule has 0 amide bonds. The molecule has 184 valence electrons. The molecule has 1 atom stereocenters. The highest BCUT2D eigenvalue weighted by Crippen LogP contribution is 2.48. The molecule has 0 heterocycles. The second-order valence-corrected chi connectivity index (χ2v) is 13.4. The van der Waals surface area contributed by atoms with Crippen LogP contribution < -0.4 is 0 Å². The van der Waals surface area contributed by atoms with Gasteiger partial charge in [0.25, 0.3) is 0 Å². The van der Waals surface area contributed by atoms with Crippen LogP contribution in [0.4, 0.5) is 0 Å². The number of hydrogen-bond acceptors (Lipinski definition) is 4. The normalized spacial score (nSPS) is 15.2. The highest BCUT2D eigenvalue weighted by atomic mass is 32.2. The van der Waals surface area contributed by atoms with Gasteiger partial charge >= 0.3 is 10.1 Å². The molecule has 0 N–H and O–H groups in total. The van der Waals surface area contributed by atoms with Gasteiger partial charge in [0.1, 0.15) is 10.6 Å². The van der Waals surface area contributed by atoms with Crippen molar-refractivity contribution in [2.45, 2.75) is 65.2 Å². The molecule has 0 saturated heterocycles. The number of hydrogen-bond donors (Lipinski definition) is 0. The smallest absolute Gasteiger partial charge is 0.264 e. The van der Waals surface area contributed by atoms with Crippen LogP contribution in [0.3, 0.4) is 0 Å². The second kappa shape index (κ2) is 8.63. The molecule has 4 rings (SSSR count). The van der Waals surface area contributed by atoms with Crippen LogP contribution in [0.15, 0.2) is 82.8 Å². The van der Waals surface area contributed by atoms with E-state index in [1.165, 1.54) is 0 Å². The van der Waals surface area contributed by atoms with Gasteiger partial charge in [-0.1, -0.05) is 114 Å². The predicted molar refractivity (Wildman–Crippen MR) is 143 cm³/mol. The summed E-state index contributed by atoms with van der Waals surface area (Å²) < 4.78 is 31.4. The van der Waals surface area contributed by atoms with E-state index >= 15 is 0 Å². The summed E-state index contributed by atoms with van der Waals surface area (Å²) in [6.45, 7) is 15.7. The predicted octanol–water partition coefficient (Wildman–Crippen LogP) is 7.56. The maximum atomic E-state index is 13.1. The third kappa shape index (κ3) is 4.79. The molecule has 3 aromatic rings. The fraction of sp³-hybridized carbons (Fsp3) is 0.367. The molecule has 0 saturated carbocycles. The van der Waals surface area contributed by atoms with Crippen molar-refractivity contribution in [3.05, 3.63) is 89.5 Å². The molecule has 4 nitrogen and oxygen atoms in total. The molecule has 1 aliphatic rings. The Morgan fingerprint density at radius 1 is 0.686 bits per heavy atom. The van der Waals surface area contributed by atoms with Crippen LogP contribution in [0.25, 0.3) is 11.1 Å². The SMILES string of the molecule is CC(C)(C)CC(C)(c1ccc(S(=O)(=O)ON=C2c3ccccc3-c3ccccc32)cc1)C(C)(C)C. The lowest BCUT2D eigenvalue weighted by molar-refractivity contribution is 0.134. The van der Waals surface area contributed by atoms with Crippen molar-refractivity contribution >= 4 is 15.8 Å².